The maximum atomic E-state index is 13.1. The van der Waals surface area contributed by atoms with Gasteiger partial charge in [0, 0.05) is 16.9 Å². The summed E-state index contributed by atoms with van der Waals surface area (Å²) < 4.78 is 26.9. The van der Waals surface area contributed by atoms with Gasteiger partial charge in [-0.15, -0.1) is 0 Å². The lowest BCUT2D eigenvalue weighted by Crippen LogP contribution is -2.19. The first-order chi connectivity index (χ1) is 9.60. The Morgan fingerprint density at radius 1 is 1.05 bits per heavy atom. The van der Waals surface area contributed by atoms with Gasteiger partial charge in [-0.05, 0) is 48.9 Å². The maximum absolute atomic E-state index is 13.1. The summed E-state index contributed by atoms with van der Waals surface area (Å²) in [5.74, 6) is -0.283. The summed E-state index contributed by atoms with van der Waals surface area (Å²) in [6.07, 6.45) is 0.757. The van der Waals surface area contributed by atoms with E-state index in [0.717, 1.165) is 28.6 Å². The number of hydrogen-bond donors (Lipinski definition) is 1. The summed E-state index contributed by atoms with van der Waals surface area (Å²) in [5.41, 5.74) is 2.10. The first kappa shape index (κ1) is 15.1. The highest BCUT2D eigenvalue weighted by atomic mass is 79.9. The minimum atomic E-state index is -0.257. The second kappa shape index (κ2) is 6.95. The van der Waals surface area contributed by atoms with Crippen LogP contribution in [0.3, 0.4) is 0 Å². The van der Waals surface area contributed by atoms with Crippen molar-refractivity contribution in [2.75, 3.05) is 13.6 Å². The minimum Gasteiger partial charge on any atom is -0.319 e. The maximum Gasteiger partial charge on any atom is 0.124 e. The molecule has 1 N–H and O–H groups in total. The van der Waals surface area contributed by atoms with E-state index in [-0.39, 0.29) is 17.6 Å². The number of rotatable bonds is 5. The molecular weight excluding hydrogens is 324 g/mol. The Bertz CT molecular complexity index is 569. The monoisotopic (exact) mass is 339 g/mol. The average molecular weight is 340 g/mol. The molecule has 2 rings (SSSR count). The van der Waals surface area contributed by atoms with Crippen molar-refractivity contribution >= 4 is 15.9 Å². The van der Waals surface area contributed by atoms with Crippen molar-refractivity contribution in [1.29, 1.82) is 0 Å². The van der Waals surface area contributed by atoms with Crippen molar-refractivity contribution in [2.45, 2.75) is 12.3 Å². The average Bonchev–Trinajstić information content (AvgIpc) is 2.42. The van der Waals surface area contributed by atoms with Crippen molar-refractivity contribution < 1.29 is 8.78 Å². The highest BCUT2D eigenvalue weighted by Gasteiger charge is 2.14. The molecule has 0 saturated carbocycles. The molecule has 0 aromatic heterocycles. The fourth-order valence-electron chi connectivity index (χ4n) is 2.24. The van der Waals surface area contributed by atoms with E-state index in [2.05, 4.69) is 21.2 Å². The normalized spacial score (nSPS) is 12.4. The van der Waals surface area contributed by atoms with E-state index in [0.29, 0.717) is 0 Å². The van der Waals surface area contributed by atoms with E-state index in [1.165, 1.54) is 24.3 Å². The van der Waals surface area contributed by atoms with Gasteiger partial charge in [0.05, 0.1) is 0 Å². The predicted octanol–water partition coefficient (Wildman–Crippen LogP) is 4.27. The van der Waals surface area contributed by atoms with Crippen LogP contribution in [0.2, 0.25) is 0 Å². The van der Waals surface area contributed by atoms with E-state index >= 15 is 0 Å². The Morgan fingerprint density at radius 2 is 1.70 bits per heavy atom. The zero-order chi connectivity index (χ0) is 14.5. The predicted molar refractivity (Wildman–Crippen MR) is 80.9 cm³/mol. The molecule has 0 aliphatic rings. The molecule has 4 heteroatoms. The van der Waals surface area contributed by atoms with Crippen molar-refractivity contribution in [1.82, 2.24) is 5.32 Å². The molecular formula is C16H16BrF2N. The molecule has 2 aromatic carbocycles. The van der Waals surface area contributed by atoms with Crippen LogP contribution in [0.1, 0.15) is 17.0 Å². The SMILES string of the molecule is CNCC(Cc1ccc(F)cc1Br)c1ccc(F)cc1. The fraction of sp³-hybridized carbons (Fsp3) is 0.250. The molecule has 0 spiro atoms. The summed E-state index contributed by atoms with van der Waals surface area (Å²) >= 11 is 3.39. The third-order valence-electron chi connectivity index (χ3n) is 3.27. The van der Waals surface area contributed by atoms with Crippen LogP contribution in [-0.4, -0.2) is 13.6 Å². The van der Waals surface area contributed by atoms with Crippen LogP contribution in [0.15, 0.2) is 46.9 Å². The van der Waals surface area contributed by atoms with Gasteiger partial charge in [-0.2, -0.15) is 0 Å². The number of nitrogens with one attached hydrogen (secondary N) is 1. The van der Waals surface area contributed by atoms with Gasteiger partial charge in [0.1, 0.15) is 11.6 Å². The first-order valence-corrected chi connectivity index (χ1v) is 7.23. The number of hydrogen-bond acceptors (Lipinski definition) is 1. The third kappa shape index (κ3) is 3.87. The van der Waals surface area contributed by atoms with Crippen molar-refractivity contribution in [3.8, 4) is 0 Å². The molecule has 0 aliphatic carbocycles. The van der Waals surface area contributed by atoms with Crippen LogP contribution in [-0.2, 0) is 6.42 Å². The largest absolute Gasteiger partial charge is 0.319 e. The minimum absolute atomic E-state index is 0.211. The zero-order valence-electron chi connectivity index (χ0n) is 11.2. The molecule has 0 amide bonds. The van der Waals surface area contributed by atoms with Crippen LogP contribution in [0, 0.1) is 11.6 Å². The van der Waals surface area contributed by atoms with Gasteiger partial charge in [-0.1, -0.05) is 34.1 Å². The van der Waals surface area contributed by atoms with Crippen LogP contribution in [0.4, 0.5) is 8.78 Å². The highest BCUT2D eigenvalue weighted by molar-refractivity contribution is 9.10. The van der Waals surface area contributed by atoms with Crippen LogP contribution >= 0.6 is 15.9 Å². The molecule has 20 heavy (non-hydrogen) atoms. The third-order valence-corrected chi connectivity index (χ3v) is 4.01. The molecule has 0 bridgehead atoms. The van der Waals surface area contributed by atoms with Crippen LogP contribution in [0.25, 0.3) is 0 Å². The molecule has 1 unspecified atom stereocenters. The van der Waals surface area contributed by atoms with Crippen molar-refractivity contribution in [3.05, 3.63) is 69.7 Å². The van der Waals surface area contributed by atoms with Gasteiger partial charge < -0.3 is 5.32 Å². The Labute approximate surface area is 126 Å². The van der Waals surface area contributed by atoms with Crippen LogP contribution in [0.5, 0.6) is 0 Å². The number of halogens is 3. The quantitative estimate of drug-likeness (QED) is 0.857. The Kier molecular flexibility index (Phi) is 5.26. The topological polar surface area (TPSA) is 12.0 Å². The van der Waals surface area contributed by atoms with Gasteiger partial charge >= 0.3 is 0 Å². The zero-order valence-corrected chi connectivity index (χ0v) is 12.8. The first-order valence-electron chi connectivity index (χ1n) is 6.44. The Balaban J connectivity index is 2.22. The summed E-state index contributed by atoms with van der Waals surface area (Å²) in [5, 5.41) is 3.15. The van der Waals surface area contributed by atoms with E-state index in [9.17, 15) is 8.78 Å². The second-order valence-corrected chi connectivity index (χ2v) is 5.60. The van der Waals surface area contributed by atoms with Gasteiger partial charge in [0.25, 0.3) is 0 Å². The molecule has 106 valence electrons. The standard InChI is InChI=1S/C16H16BrF2N/c1-20-10-13(11-2-5-14(18)6-3-11)8-12-4-7-15(19)9-16(12)17/h2-7,9,13,20H,8,10H2,1H3. The lowest BCUT2D eigenvalue weighted by Gasteiger charge is -2.18. The molecule has 1 atom stereocenters. The van der Waals surface area contributed by atoms with E-state index in [4.69, 9.17) is 0 Å². The van der Waals surface area contributed by atoms with Crippen LogP contribution < -0.4 is 5.32 Å². The van der Waals surface area contributed by atoms with Gasteiger partial charge in [-0.25, -0.2) is 8.78 Å². The lowest BCUT2D eigenvalue weighted by molar-refractivity contribution is 0.606. The summed E-state index contributed by atoms with van der Waals surface area (Å²) in [4.78, 5) is 0. The smallest absolute Gasteiger partial charge is 0.124 e. The van der Waals surface area contributed by atoms with Gasteiger partial charge in [-0.3, -0.25) is 0 Å². The Morgan fingerprint density at radius 3 is 2.30 bits per heavy atom. The fourth-order valence-corrected chi connectivity index (χ4v) is 2.75. The van der Waals surface area contributed by atoms with E-state index in [1.54, 1.807) is 18.2 Å². The molecule has 0 radical (unpaired) electrons. The number of likely N-dealkylation sites (N-methyl/N-ethyl adjacent to an activating group) is 1. The summed E-state index contributed by atoms with van der Waals surface area (Å²) in [6.45, 7) is 0.773. The summed E-state index contributed by atoms with van der Waals surface area (Å²) in [6, 6.07) is 11.3. The molecule has 2 aromatic rings. The molecule has 0 heterocycles. The molecule has 0 fully saturated rings. The second-order valence-electron chi connectivity index (χ2n) is 4.75. The van der Waals surface area contributed by atoms with Gasteiger partial charge in [0.15, 0.2) is 0 Å². The molecule has 0 aliphatic heterocycles. The van der Waals surface area contributed by atoms with Gasteiger partial charge in [0.2, 0.25) is 0 Å². The lowest BCUT2D eigenvalue weighted by atomic mass is 9.92. The van der Waals surface area contributed by atoms with E-state index < -0.39 is 0 Å². The molecule has 1 nitrogen and oxygen atoms in total. The highest BCUT2D eigenvalue weighted by Crippen LogP contribution is 2.26. The van der Waals surface area contributed by atoms with Crippen molar-refractivity contribution in [3.63, 3.8) is 0 Å². The summed E-state index contributed by atoms with van der Waals surface area (Å²) in [7, 11) is 1.89. The number of benzene rings is 2. The molecule has 0 saturated heterocycles. The van der Waals surface area contributed by atoms with E-state index in [1.807, 2.05) is 7.05 Å². The Hall–Kier alpha value is -1.26. The van der Waals surface area contributed by atoms with Crippen molar-refractivity contribution in [2.24, 2.45) is 0 Å².